The van der Waals surface area contributed by atoms with Crippen molar-refractivity contribution >= 4 is 16.0 Å². The quantitative estimate of drug-likeness (QED) is 0.770. The van der Waals surface area contributed by atoms with Gasteiger partial charge in [0.15, 0.2) is 0 Å². The molecule has 0 saturated heterocycles. The van der Waals surface area contributed by atoms with Gasteiger partial charge in [-0.3, -0.25) is 4.79 Å². The Morgan fingerprint density at radius 2 is 1.95 bits per heavy atom. The molecule has 114 valence electrons. The van der Waals surface area contributed by atoms with Crippen LogP contribution in [0.25, 0.3) is 0 Å². The maximum atomic E-state index is 12.4. The summed E-state index contributed by atoms with van der Waals surface area (Å²) < 4.78 is 25.8. The maximum absolute atomic E-state index is 12.4. The molecule has 0 amide bonds. The van der Waals surface area contributed by atoms with Crippen LogP contribution in [0, 0.1) is 16.7 Å². The summed E-state index contributed by atoms with van der Waals surface area (Å²) in [4.78, 5) is 10.8. The van der Waals surface area contributed by atoms with Crippen LogP contribution in [0.4, 0.5) is 0 Å². The number of hydrogen-bond acceptors (Lipinski definition) is 4. The van der Waals surface area contributed by atoms with Gasteiger partial charge >= 0.3 is 5.97 Å². The molecule has 1 aliphatic rings. The highest BCUT2D eigenvalue weighted by Crippen LogP contribution is 2.37. The third-order valence-corrected chi connectivity index (χ3v) is 5.70. The molecular formula is C13H22N2O4S. The van der Waals surface area contributed by atoms with Crippen LogP contribution in [0.2, 0.25) is 0 Å². The van der Waals surface area contributed by atoms with E-state index in [1.54, 1.807) is 6.92 Å². The molecule has 1 N–H and O–H groups in total. The first kappa shape index (κ1) is 16.9. The molecule has 0 aromatic rings. The Bertz CT molecular complexity index is 475. The van der Waals surface area contributed by atoms with E-state index in [0.717, 1.165) is 23.6 Å². The van der Waals surface area contributed by atoms with E-state index >= 15 is 0 Å². The topological polar surface area (TPSA) is 98.5 Å². The molecule has 0 bridgehead atoms. The zero-order valence-electron chi connectivity index (χ0n) is 11.8. The first-order valence-corrected chi connectivity index (χ1v) is 8.57. The fourth-order valence-corrected chi connectivity index (χ4v) is 4.68. The average Bonchev–Trinajstić information content (AvgIpc) is 2.38. The predicted octanol–water partition coefficient (Wildman–Crippen LogP) is 1.59. The summed E-state index contributed by atoms with van der Waals surface area (Å²) in [6.45, 7) is 1.44. The molecule has 0 atom stereocenters. The van der Waals surface area contributed by atoms with Crippen molar-refractivity contribution in [3.05, 3.63) is 0 Å². The molecule has 0 aromatic heterocycles. The summed E-state index contributed by atoms with van der Waals surface area (Å²) in [5.74, 6) is -1.43. The lowest BCUT2D eigenvalue weighted by molar-refractivity contribution is -0.137. The van der Waals surface area contributed by atoms with Crippen molar-refractivity contribution < 1.29 is 18.3 Å². The van der Waals surface area contributed by atoms with Gasteiger partial charge in [0.1, 0.15) is 6.54 Å². The second-order valence-corrected chi connectivity index (χ2v) is 7.41. The molecule has 1 aliphatic carbocycles. The highest BCUT2D eigenvalue weighted by molar-refractivity contribution is 7.89. The monoisotopic (exact) mass is 302 g/mol. The van der Waals surface area contributed by atoms with E-state index in [1.165, 1.54) is 0 Å². The van der Waals surface area contributed by atoms with Crippen LogP contribution in [-0.2, 0) is 14.8 Å². The van der Waals surface area contributed by atoms with Crippen molar-refractivity contribution in [3.63, 3.8) is 0 Å². The highest BCUT2D eigenvalue weighted by atomic mass is 32.2. The molecule has 0 unspecified atom stereocenters. The fraction of sp³-hybridized carbons (Fsp3) is 0.846. The average molecular weight is 302 g/mol. The van der Waals surface area contributed by atoms with Crippen molar-refractivity contribution in [2.45, 2.75) is 45.4 Å². The standard InChI is InChI=1S/C13H22N2O4S/c1-2-8-15(9-12(16)17)20(18,19)11-13(10-14)6-4-3-5-7-13/h2-9,11H2,1H3,(H,16,17). The van der Waals surface area contributed by atoms with Gasteiger partial charge in [-0.15, -0.1) is 0 Å². The molecule has 0 aliphatic heterocycles. The number of nitriles is 1. The first-order valence-electron chi connectivity index (χ1n) is 6.96. The minimum Gasteiger partial charge on any atom is -0.480 e. The third-order valence-electron chi connectivity index (χ3n) is 3.68. The molecule has 0 radical (unpaired) electrons. The van der Waals surface area contributed by atoms with Crippen LogP contribution in [0.3, 0.4) is 0 Å². The van der Waals surface area contributed by atoms with Crippen molar-refractivity contribution in [2.75, 3.05) is 18.8 Å². The van der Waals surface area contributed by atoms with E-state index in [4.69, 9.17) is 5.11 Å². The number of nitrogens with zero attached hydrogens (tertiary/aromatic N) is 2. The van der Waals surface area contributed by atoms with Crippen LogP contribution in [-0.4, -0.2) is 42.6 Å². The second kappa shape index (κ2) is 7.04. The van der Waals surface area contributed by atoms with Crippen molar-refractivity contribution in [2.24, 2.45) is 5.41 Å². The predicted molar refractivity (Wildman–Crippen MR) is 74.4 cm³/mol. The number of rotatable bonds is 7. The van der Waals surface area contributed by atoms with Crippen molar-refractivity contribution in [1.82, 2.24) is 4.31 Å². The Hall–Kier alpha value is -1.13. The minimum absolute atomic E-state index is 0.177. The van der Waals surface area contributed by atoms with Crippen LogP contribution >= 0.6 is 0 Å². The van der Waals surface area contributed by atoms with Crippen LogP contribution in [0.1, 0.15) is 45.4 Å². The first-order chi connectivity index (χ1) is 9.35. The lowest BCUT2D eigenvalue weighted by Gasteiger charge is -2.32. The summed E-state index contributed by atoms with van der Waals surface area (Å²) in [6.07, 6.45) is 4.44. The summed E-state index contributed by atoms with van der Waals surface area (Å²) in [6, 6.07) is 2.17. The number of aliphatic carboxylic acids is 1. The summed E-state index contributed by atoms with van der Waals surface area (Å²) in [7, 11) is -3.72. The molecule has 20 heavy (non-hydrogen) atoms. The van der Waals surface area contributed by atoms with Crippen LogP contribution in [0.5, 0.6) is 0 Å². The molecule has 6 nitrogen and oxygen atoms in total. The van der Waals surface area contributed by atoms with E-state index in [1.807, 2.05) is 0 Å². The molecule has 0 heterocycles. The summed E-state index contributed by atoms with van der Waals surface area (Å²) in [5, 5.41) is 18.2. The molecule has 1 saturated carbocycles. The lowest BCUT2D eigenvalue weighted by atomic mass is 9.77. The third kappa shape index (κ3) is 4.46. The van der Waals surface area contributed by atoms with E-state index in [2.05, 4.69) is 6.07 Å². The molecular weight excluding hydrogens is 280 g/mol. The molecule has 7 heteroatoms. The van der Waals surface area contributed by atoms with Gasteiger partial charge in [-0.1, -0.05) is 26.2 Å². The SMILES string of the molecule is CCCN(CC(=O)O)S(=O)(=O)CC1(C#N)CCCCC1. The Labute approximate surface area is 120 Å². The zero-order chi connectivity index (χ0) is 15.2. The van der Waals surface area contributed by atoms with E-state index in [0.29, 0.717) is 19.3 Å². The molecule has 1 rings (SSSR count). The second-order valence-electron chi connectivity index (χ2n) is 5.44. The van der Waals surface area contributed by atoms with Gasteiger partial charge < -0.3 is 5.11 Å². The summed E-state index contributed by atoms with van der Waals surface area (Å²) >= 11 is 0. The van der Waals surface area contributed by atoms with Crippen LogP contribution < -0.4 is 0 Å². The Kier molecular flexibility index (Phi) is 5.96. The van der Waals surface area contributed by atoms with Gasteiger partial charge in [0.05, 0.1) is 17.2 Å². The fourth-order valence-electron chi connectivity index (χ4n) is 2.67. The Balaban J connectivity index is 2.89. The maximum Gasteiger partial charge on any atom is 0.318 e. The van der Waals surface area contributed by atoms with Crippen molar-refractivity contribution in [3.8, 4) is 6.07 Å². The largest absolute Gasteiger partial charge is 0.480 e. The lowest BCUT2D eigenvalue weighted by Crippen LogP contribution is -2.42. The minimum atomic E-state index is -3.72. The van der Waals surface area contributed by atoms with Gasteiger partial charge in [0.25, 0.3) is 0 Å². The van der Waals surface area contributed by atoms with E-state index in [9.17, 15) is 18.5 Å². The van der Waals surface area contributed by atoms with Crippen LogP contribution in [0.15, 0.2) is 0 Å². The summed E-state index contributed by atoms with van der Waals surface area (Å²) in [5.41, 5.74) is -0.846. The highest BCUT2D eigenvalue weighted by Gasteiger charge is 2.39. The Morgan fingerprint density at radius 3 is 2.40 bits per heavy atom. The number of hydrogen-bond donors (Lipinski definition) is 1. The van der Waals surface area contributed by atoms with Gasteiger partial charge in [-0.2, -0.15) is 9.57 Å². The normalized spacial score (nSPS) is 18.6. The number of carbonyl (C=O) groups is 1. The van der Waals surface area contributed by atoms with E-state index < -0.39 is 28.0 Å². The molecule has 0 aromatic carbocycles. The van der Waals surface area contributed by atoms with Gasteiger partial charge in [-0.05, 0) is 19.3 Å². The molecule has 0 spiro atoms. The van der Waals surface area contributed by atoms with Gasteiger partial charge in [0, 0.05) is 6.54 Å². The van der Waals surface area contributed by atoms with Crippen molar-refractivity contribution in [1.29, 1.82) is 5.26 Å². The number of sulfonamides is 1. The molecule has 1 fully saturated rings. The Morgan fingerprint density at radius 1 is 1.35 bits per heavy atom. The smallest absolute Gasteiger partial charge is 0.318 e. The number of carboxylic acid groups (broad SMARTS) is 1. The van der Waals surface area contributed by atoms with Gasteiger partial charge in [-0.25, -0.2) is 8.42 Å². The zero-order valence-corrected chi connectivity index (χ0v) is 12.7. The number of carboxylic acids is 1. The van der Waals surface area contributed by atoms with E-state index in [-0.39, 0.29) is 12.3 Å². The van der Waals surface area contributed by atoms with Gasteiger partial charge in [0.2, 0.25) is 10.0 Å².